The molecule has 0 spiro atoms. The number of carboxylic acid groups (broad SMARTS) is 1. The number of carbonyl (C=O) groups is 1. The summed E-state index contributed by atoms with van der Waals surface area (Å²) in [5.74, 6) is -0.386. The molecule has 1 heterocycles. The van der Waals surface area contributed by atoms with Gasteiger partial charge in [-0.3, -0.25) is 15.0 Å². The maximum Gasteiger partial charge on any atom is 0.325 e. The first-order valence-electron chi connectivity index (χ1n) is 7.75. The van der Waals surface area contributed by atoms with Crippen LogP contribution in [-0.2, 0) is 4.79 Å². The van der Waals surface area contributed by atoms with Crippen molar-refractivity contribution in [2.75, 3.05) is 33.7 Å². The summed E-state index contributed by atoms with van der Waals surface area (Å²) in [6, 6.07) is 0.749. The van der Waals surface area contributed by atoms with Gasteiger partial charge in [-0.2, -0.15) is 0 Å². The summed E-state index contributed by atoms with van der Waals surface area (Å²) in [5.41, 5.74) is -0.755. The first-order chi connectivity index (χ1) is 9.35. The Balaban J connectivity index is 2.06. The van der Waals surface area contributed by atoms with Gasteiger partial charge in [-0.15, -0.1) is 0 Å². The van der Waals surface area contributed by atoms with E-state index < -0.39 is 11.5 Å². The van der Waals surface area contributed by atoms with Crippen molar-refractivity contribution in [3.63, 3.8) is 0 Å². The number of hydrogen-bond acceptors (Lipinski definition) is 4. The highest BCUT2D eigenvalue weighted by molar-refractivity contribution is 5.80. The van der Waals surface area contributed by atoms with Crippen molar-refractivity contribution < 1.29 is 9.90 Å². The Morgan fingerprint density at radius 3 is 2.45 bits per heavy atom. The van der Waals surface area contributed by atoms with E-state index in [1.807, 2.05) is 13.8 Å². The van der Waals surface area contributed by atoms with Gasteiger partial charge in [0.25, 0.3) is 0 Å². The van der Waals surface area contributed by atoms with Gasteiger partial charge in [0.15, 0.2) is 0 Å². The van der Waals surface area contributed by atoms with Gasteiger partial charge in [-0.25, -0.2) is 0 Å². The van der Waals surface area contributed by atoms with Crippen LogP contribution in [0.1, 0.15) is 33.1 Å². The molecule has 0 bridgehead atoms. The molecule has 2 aliphatic rings. The number of nitrogens with zero attached hydrogens (tertiary/aromatic N) is 2. The maximum absolute atomic E-state index is 11.9. The first-order valence-corrected chi connectivity index (χ1v) is 7.75. The van der Waals surface area contributed by atoms with Crippen LogP contribution in [0, 0.1) is 5.92 Å². The van der Waals surface area contributed by atoms with Gasteiger partial charge in [0.05, 0.1) is 0 Å². The third-order valence-corrected chi connectivity index (χ3v) is 4.65. The van der Waals surface area contributed by atoms with E-state index in [0.717, 1.165) is 32.4 Å². The first kappa shape index (κ1) is 15.7. The average molecular weight is 283 g/mol. The van der Waals surface area contributed by atoms with Crippen LogP contribution in [0.2, 0.25) is 0 Å². The highest BCUT2D eigenvalue weighted by Gasteiger charge is 2.52. The molecule has 0 aromatic heterocycles. The summed E-state index contributed by atoms with van der Waals surface area (Å²) < 4.78 is 0. The zero-order valence-corrected chi connectivity index (χ0v) is 13.2. The third-order valence-electron chi connectivity index (χ3n) is 4.65. The van der Waals surface area contributed by atoms with Crippen molar-refractivity contribution in [2.24, 2.45) is 5.92 Å². The second kappa shape index (κ2) is 6.00. The van der Waals surface area contributed by atoms with Crippen molar-refractivity contribution >= 4 is 5.97 Å². The van der Waals surface area contributed by atoms with Crippen molar-refractivity contribution in [1.82, 2.24) is 15.1 Å². The Labute approximate surface area is 122 Å². The summed E-state index contributed by atoms with van der Waals surface area (Å²) in [7, 11) is 4.21. The molecule has 116 valence electrons. The van der Waals surface area contributed by atoms with Crippen LogP contribution >= 0.6 is 0 Å². The minimum atomic E-state index is -0.755. The van der Waals surface area contributed by atoms with E-state index in [1.54, 1.807) is 0 Å². The minimum absolute atomic E-state index is 0.193. The van der Waals surface area contributed by atoms with Crippen molar-refractivity contribution in [3.8, 4) is 0 Å². The molecule has 0 radical (unpaired) electrons. The molecule has 20 heavy (non-hydrogen) atoms. The molecule has 1 aliphatic carbocycles. The van der Waals surface area contributed by atoms with Gasteiger partial charge >= 0.3 is 5.97 Å². The molecule has 1 saturated carbocycles. The van der Waals surface area contributed by atoms with Crippen molar-refractivity contribution in [2.45, 2.75) is 50.7 Å². The van der Waals surface area contributed by atoms with E-state index in [1.165, 1.54) is 0 Å². The van der Waals surface area contributed by atoms with Gasteiger partial charge < -0.3 is 10.0 Å². The molecular weight excluding hydrogens is 254 g/mol. The molecule has 1 saturated heterocycles. The Bertz CT molecular complexity index is 355. The van der Waals surface area contributed by atoms with E-state index in [4.69, 9.17) is 0 Å². The second-order valence-corrected chi connectivity index (χ2v) is 6.99. The second-order valence-electron chi connectivity index (χ2n) is 6.99. The van der Waals surface area contributed by atoms with Crippen molar-refractivity contribution in [3.05, 3.63) is 0 Å². The topological polar surface area (TPSA) is 55.8 Å². The molecule has 2 unspecified atom stereocenters. The minimum Gasteiger partial charge on any atom is -0.480 e. The van der Waals surface area contributed by atoms with Crippen LogP contribution in [0.5, 0.6) is 0 Å². The van der Waals surface area contributed by atoms with Crippen LogP contribution in [0.25, 0.3) is 0 Å². The Morgan fingerprint density at radius 1 is 1.40 bits per heavy atom. The molecule has 5 nitrogen and oxygen atoms in total. The number of likely N-dealkylation sites (tertiary alicyclic amines) is 1. The molecule has 2 rings (SSSR count). The zero-order chi connectivity index (χ0) is 14.9. The number of hydrogen-bond donors (Lipinski definition) is 2. The molecule has 2 fully saturated rings. The molecular formula is C15H29N3O2. The van der Waals surface area contributed by atoms with Crippen LogP contribution in [0.3, 0.4) is 0 Å². The maximum atomic E-state index is 11.9. The fraction of sp³-hybridized carbons (Fsp3) is 0.933. The predicted molar refractivity (Wildman–Crippen MR) is 79.9 cm³/mol. The van der Waals surface area contributed by atoms with Gasteiger partial charge in [-0.1, -0.05) is 0 Å². The zero-order valence-electron chi connectivity index (χ0n) is 13.2. The molecule has 0 aromatic carbocycles. The monoisotopic (exact) mass is 283 g/mol. The molecule has 5 heteroatoms. The van der Waals surface area contributed by atoms with Crippen LogP contribution in [0.4, 0.5) is 0 Å². The molecule has 1 aliphatic heterocycles. The highest BCUT2D eigenvalue weighted by atomic mass is 16.4. The van der Waals surface area contributed by atoms with E-state index >= 15 is 0 Å². The fourth-order valence-corrected chi connectivity index (χ4v) is 3.42. The summed E-state index contributed by atoms with van der Waals surface area (Å²) >= 11 is 0. The normalized spacial score (nSPS) is 27.2. The van der Waals surface area contributed by atoms with E-state index in [2.05, 4.69) is 29.2 Å². The summed E-state index contributed by atoms with van der Waals surface area (Å²) in [5, 5.41) is 13.2. The third kappa shape index (κ3) is 3.32. The van der Waals surface area contributed by atoms with Crippen molar-refractivity contribution in [1.29, 1.82) is 0 Å². The number of aliphatic carboxylic acids is 1. The Morgan fingerprint density at radius 2 is 2.05 bits per heavy atom. The largest absolute Gasteiger partial charge is 0.480 e. The Kier molecular flexibility index (Phi) is 4.72. The van der Waals surface area contributed by atoms with Crippen LogP contribution < -0.4 is 5.32 Å². The van der Waals surface area contributed by atoms with Crippen LogP contribution in [-0.4, -0.2) is 72.2 Å². The van der Waals surface area contributed by atoms with E-state index in [-0.39, 0.29) is 6.04 Å². The number of rotatable bonds is 7. The summed E-state index contributed by atoms with van der Waals surface area (Å²) in [6.07, 6.45) is 3.21. The molecule has 2 atom stereocenters. The SMILES string of the molecule is CC(C)NC(CN1CCC(N(C)C)C1)(C(=O)O)C1CC1. The number of carboxylic acids is 1. The fourth-order valence-electron chi connectivity index (χ4n) is 3.42. The van der Waals surface area contributed by atoms with Gasteiger partial charge in [0.2, 0.25) is 0 Å². The highest BCUT2D eigenvalue weighted by Crippen LogP contribution is 2.41. The predicted octanol–water partition coefficient (Wildman–Crippen LogP) is 0.854. The molecule has 0 aromatic rings. The Hall–Kier alpha value is -0.650. The lowest BCUT2D eigenvalue weighted by atomic mass is 9.91. The molecule has 0 amide bonds. The lowest BCUT2D eigenvalue weighted by Crippen LogP contribution is -2.62. The average Bonchev–Trinajstić information content (AvgIpc) is 3.08. The lowest BCUT2D eigenvalue weighted by molar-refractivity contribution is -0.147. The standard InChI is InChI=1S/C15H29N3O2/c1-11(2)16-15(14(19)20,12-5-6-12)10-18-8-7-13(9-18)17(3)4/h11-13,16H,5-10H2,1-4H3,(H,19,20). The van der Waals surface area contributed by atoms with Gasteiger partial charge in [0.1, 0.15) is 5.54 Å². The van der Waals surface area contributed by atoms with Crippen LogP contribution in [0.15, 0.2) is 0 Å². The van der Waals surface area contributed by atoms with E-state index in [0.29, 0.717) is 18.5 Å². The molecule has 2 N–H and O–H groups in total. The van der Waals surface area contributed by atoms with Gasteiger partial charge in [0, 0.05) is 25.2 Å². The number of likely N-dealkylation sites (N-methyl/N-ethyl adjacent to an activating group) is 1. The lowest BCUT2D eigenvalue weighted by Gasteiger charge is -2.36. The van der Waals surface area contributed by atoms with Gasteiger partial charge in [-0.05, 0) is 59.7 Å². The summed E-state index contributed by atoms with van der Waals surface area (Å²) in [6.45, 7) is 6.69. The summed E-state index contributed by atoms with van der Waals surface area (Å²) in [4.78, 5) is 16.5. The quantitative estimate of drug-likeness (QED) is 0.725. The van der Waals surface area contributed by atoms with E-state index in [9.17, 15) is 9.90 Å². The smallest absolute Gasteiger partial charge is 0.325 e. The number of nitrogens with one attached hydrogen (secondary N) is 1.